The predicted octanol–water partition coefficient (Wildman–Crippen LogP) is 1.50. The van der Waals surface area contributed by atoms with Crippen LogP contribution < -0.4 is 11.1 Å². The summed E-state index contributed by atoms with van der Waals surface area (Å²) >= 11 is 1.87. The summed E-state index contributed by atoms with van der Waals surface area (Å²) in [6.45, 7) is 2.68. The lowest BCUT2D eigenvalue weighted by Gasteiger charge is -2.11. The standard InChI is InChI=1S/C12H20N4OS/c1-3-16-7-10(13)11(15-16)12(17)14-8-4-5-9(6-8)18-2/h7-9H,3-6,13H2,1-2H3,(H,14,17). The van der Waals surface area contributed by atoms with Gasteiger partial charge in [-0.15, -0.1) is 0 Å². The van der Waals surface area contributed by atoms with Gasteiger partial charge in [-0.1, -0.05) is 0 Å². The summed E-state index contributed by atoms with van der Waals surface area (Å²) < 4.78 is 1.68. The molecule has 2 rings (SSSR count). The molecule has 1 amide bonds. The maximum Gasteiger partial charge on any atom is 0.274 e. The van der Waals surface area contributed by atoms with Gasteiger partial charge < -0.3 is 11.1 Å². The molecule has 5 nitrogen and oxygen atoms in total. The Kier molecular flexibility index (Phi) is 4.16. The Labute approximate surface area is 111 Å². The summed E-state index contributed by atoms with van der Waals surface area (Å²) in [6.07, 6.45) is 7.09. The first-order valence-corrected chi connectivity index (χ1v) is 7.59. The van der Waals surface area contributed by atoms with Crippen LogP contribution in [0.25, 0.3) is 0 Å². The van der Waals surface area contributed by atoms with Crippen LogP contribution in [0.1, 0.15) is 36.7 Å². The molecule has 1 aromatic heterocycles. The van der Waals surface area contributed by atoms with Gasteiger partial charge in [-0.2, -0.15) is 16.9 Å². The van der Waals surface area contributed by atoms with E-state index >= 15 is 0 Å². The molecule has 2 unspecified atom stereocenters. The Morgan fingerprint density at radius 2 is 2.44 bits per heavy atom. The van der Waals surface area contributed by atoms with Crippen molar-refractivity contribution in [1.82, 2.24) is 15.1 Å². The van der Waals surface area contributed by atoms with Crippen LogP contribution in [0.4, 0.5) is 5.69 Å². The second-order valence-corrected chi connectivity index (χ2v) is 5.77. The van der Waals surface area contributed by atoms with Gasteiger partial charge in [0.1, 0.15) is 0 Å². The van der Waals surface area contributed by atoms with E-state index in [-0.39, 0.29) is 11.9 Å². The Balaban J connectivity index is 1.97. The first-order valence-electron chi connectivity index (χ1n) is 6.30. The van der Waals surface area contributed by atoms with E-state index in [1.807, 2.05) is 18.7 Å². The van der Waals surface area contributed by atoms with Crippen molar-refractivity contribution in [3.05, 3.63) is 11.9 Å². The molecule has 1 fully saturated rings. The second kappa shape index (κ2) is 5.65. The molecule has 0 bridgehead atoms. The number of carbonyl (C=O) groups is 1. The van der Waals surface area contributed by atoms with E-state index in [1.54, 1.807) is 10.9 Å². The van der Waals surface area contributed by atoms with Crippen LogP contribution in [0.3, 0.4) is 0 Å². The lowest BCUT2D eigenvalue weighted by Crippen LogP contribution is -2.33. The van der Waals surface area contributed by atoms with Crippen LogP contribution in [0.15, 0.2) is 6.20 Å². The molecule has 0 radical (unpaired) electrons. The molecule has 1 heterocycles. The fourth-order valence-corrected chi connectivity index (χ4v) is 3.11. The van der Waals surface area contributed by atoms with Crippen molar-refractivity contribution in [2.24, 2.45) is 0 Å². The fourth-order valence-electron chi connectivity index (χ4n) is 2.31. The highest BCUT2D eigenvalue weighted by atomic mass is 32.2. The molecule has 1 aliphatic carbocycles. The quantitative estimate of drug-likeness (QED) is 0.868. The van der Waals surface area contributed by atoms with Crippen molar-refractivity contribution in [3.63, 3.8) is 0 Å². The number of aryl methyl sites for hydroxylation is 1. The number of aromatic nitrogens is 2. The molecular formula is C12H20N4OS. The maximum atomic E-state index is 12.1. The topological polar surface area (TPSA) is 72.9 Å². The second-order valence-electron chi connectivity index (χ2n) is 4.63. The van der Waals surface area contributed by atoms with Crippen LogP contribution in [0.2, 0.25) is 0 Å². The lowest BCUT2D eigenvalue weighted by atomic mass is 10.2. The number of nitrogen functional groups attached to an aromatic ring is 1. The van der Waals surface area contributed by atoms with Gasteiger partial charge in [-0.05, 0) is 32.4 Å². The van der Waals surface area contributed by atoms with Gasteiger partial charge in [0.2, 0.25) is 0 Å². The van der Waals surface area contributed by atoms with Crippen LogP contribution in [-0.2, 0) is 6.54 Å². The highest BCUT2D eigenvalue weighted by Crippen LogP contribution is 2.28. The average Bonchev–Trinajstić information content (AvgIpc) is 2.95. The molecule has 0 spiro atoms. The number of hydrogen-bond donors (Lipinski definition) is 2. The van der Waals surface area contributed by atoms with Gasteiger partial charge in [0.05, 0.1) is 5.69 Å². The molecule has 0 saturated heterocycles. The summed E-state index contributed by atoms with van der Waals surface area (Å²) in [5.41, 5.74) is 6.60. The number of hydrogen-bond acceptors (Lipinski definition) is 4. The van der Waals surface area contributed by atoms with E-state index in [0.29, 0.717) is 16.6 Å². The van der Waals surface area contributed by atoms with Crippen molar-refractivity contribution < 1.29 is 4.79 Å². The smallest absolute Gasteiger partial charge is 0.274 e. The molecule has 0 aliphatic heterocycles. The minimum absolute atomic E-state index is 0.147. The molecule has 100 valence electrons. The highest BCUT2D eigenvalue weighted by molar-refractivity contribution is 7.99. The van der Waals surface area contributed by atoms with Gasteiger partial charge >= 0.3 is 0 Å². The summed E-state index contributed by atoms with van der Waals surface area (Å²) in [5, 5.41) is 7.88. The largest absolute Gasteiger partial charge is 0.396 e. The summed E-state index contributed by atoms with van der Waals surface area (Å²) in [7, 11) is 0. The number of anilines is 1. The third-order valence-corrected chi connectivity index (χ3v) is 4.48. The van der Waals surface area contributed by atoms with Crippen molar-refractivity contribution in [2.75, 3.05) is 12.0 Å². The SMILES string of the molecule is CCn1cc(N)c(C(=O)NC2CCC(SC)C2)n1. The number of nitrogens with two attached hydrogens (primary N) is 1. The van der Waals surface area contributed by atoms with Crippen molar-refractivity contribution in [2.45, 2.75) is 44.0 Å². The van der Waals surface area contributed by atoms with Crippen LogP contribution in [-0.4, -0.2) is 33.2 Å². The third kappa shape index (κ3) is 2.80. The molecule has 1 aromatic rings. The molecule has 1 saturated carbocycles. The first-order chi connectivity index (χ1) is 8.63. The normalized spacial score (nSPS) is 23.2. The van der Waals surface area contributed by atoms with E-state index in [4.69, 9.17) is 5.73 Å². The molecule has 0 aromatic carbocycles. The predicted molar refractivity (Wildman–Crippen MR) is 74.7 cm³/mol. The van der Waals surface area contributed by atoms with Crippen molar-refractivity contribution >= 4 is 23.4 Å². The zero-order valence-electron chi connectivity index (χ0n) is 10.8. The minimum atomic E-state index is -0.147. The maximum absolute atomic E-state index is 12.1. The number of nitrogens with one attached hydrogen (secondary N) is 1. The lowest BCUT2D eigenvalue weighted by molar-refractivity contribution is 0.0933. The van der Waals surface area contributed by atoms with Crippen LogP contribution in [0, 0.1) is 0 Å². The molecular weight excluding hydrogens is 248 g/mol. The number of amides is 1. The van der Waals surface area contributed by atoms with Gasteiger partial charge in [-0.25, -0.2) is 0 Å². The fraction of sp³-hybridized carbons (Fsp3) is 0.667. The summed E-state index contributed by atoms with van der Waals surface area (Å²) in [6, 6.07) is 0.265. The Morgan fingerprint density at radius 3 is 3.00 bits per heavy atom. The number of rotatable bonds is 4. The van der Waals surface area contributed by atoms with Gasteiger partial charge in [0, 0.05) is 24.0 Å². The van der Waals surface area contributed by atoms with E-state index in [2.05, 4.69) is 16.7 Å². The van der Waals surface area contributed by atoms with E-state index in [9.17, 15) is 4.79 Å². The van der Waals surface area contributed by atoms with E-state index < -0.39 is 0 Å². The molecule has 18 heavy (non-hydrogen) atoms. The zero-order chi connectivity index (χ0) is 13.1. The number of carbonyl (C=O) groups excluding carboxylic acids is 1. The summed E-state index contributed by atoms with van der Waals surface area (Å²) in [5.74, 6) is -0.147. The Bertz CT molecular complexity index is 432. The number of nitrogens with zero attached hydrogens (tertiary/aromatic N) is 2. The van der Waals surface area contributed by atoms with Gasteiger partial charge in [0.25, 0.3) is 5.91 Å². The third-order valence-electron chi connectivity index (χ3n) is 3.38. The Morgan fingerprint density at radius 1 is 1.67 bits per heavy atom. The Hall–Kier alpha value is -1.17. The molecule has 6 heteroatoms. The van der Waals surface area contributed by atoms with Gasteiger partial charge in [0.15, 0.2) is 5.69 Å². The molecule has 2 atom stereocenters. The number of thioether (sulfide) groups is 1. The van der Waals surface area contributed by atoms with Crippen molar-refractivity contribution in [1.29, 1.82) is 0 Å². The van der Waals surface area contributed by atoms with Gasteiger partial charge in [-0.3, -0.25) is 9.48 Å². The monoisotopic (exact) mass is 268 g/mol. The first kappa shape index (κ1) is 13.3. The summed E-state index contributed by atoms with van der Waals surface area (Å²) in [4.78, 5) is 12.1. The minimum Gasteiger partial charge on any atom is -0.396 e. The molecule has 3 N–H and O–H groups in total. The van der Waals surface area contributed by atoms with Crippen molar-refractivity contribution in [3.8, 4) is 0 Å². The van der Waals surface area contributed by atoms with E-state index in [0.717, 1.165) is 19.4 Å². The highest BCUT2D eigenvalue weighted by Gasteiger charge is 2.26. The van der Waals surface area contributed by atoms with E-state index in [1.165, 1.54) is 6.42 Å². The van der Waals surface area contributed by atoms with Crippen LogP contribution >= 0.6 is 11.8 Å². The zero-order valence-corrected chi connectivity index (χ0v) is 11.7. The molecule has 1 aliphatic rings. The van der Waals surface area contributed by atoms with Crippen LogP contribution in [0.5, 0.6) is 0 Å². The average molecular weight is 268 g/mol.